The molecule has 2 aromatic rings. The predicted octanol–water partition coefficient (Wildman–Crippen LogP) is 3.35. The molecular formula is C22H27NO6. The van der Waals surface area contributed by atoms with Gasteiger partial charge in [-0.1, -0.05) is 12.1 Å². The van der Waals surface area contributed by atoms with Crippen molar-refractivity contribution in [1.29, 1.82) is 0 Å². The Bertz CT molecular complexity index is 900. The minimum Gasteiger partial charge on any atom is -0.493 e. The van der Waals surface area contributed by atoms with E-state index in [4.69, 9.17) is 18.6 Å². The van der Waals surface area contributed by atoms with Crippen molar-refractivity contribution < 1.29 is 23.4 Å². The van der Waals surface area contributed by atoms with Crippen LogP contribution in [0.4, 0.5) is 0 Å². The lowest BCUT2D eigenvalue weighted by atomic mass is 10.1. The van der Waals surface area contributed by atoms with E-state index in [1.54, 1.807) is 27.1 Å². The zero-order chi connectivity index (χ0) is 20.8. The van der Waals surface area contributed by atoms with Crippen LogP contribution in [0.1, 0.15) is 47.0 Å². The zero-order valence-corrected chi connectivity index (χ0v) is 17.1. The lowest BCUT2D eigenvalue weighted by Gasteiger charge is -2.18. The second-order valence-electron chi connectivity index (χ2n) is 7.08. The van der Waals surface area contributed by atoms with Gasteiger partial charge in [0.1, 0.15) is 17.4 Å². The third-order valence-corrected chi connectivity index (χ3v) is 4.94. The van der Waals surface area contributed by atoms with Gasteiger partial charge in [0.25, 0.3) is 5.91 Å². The van der Waals surface area contributed by atoms with Crippen LogP contribution < -0.4 is 15.1 Å². The number of aryl methyl sites for hydroxylation is 1. The number of amides is 1. The summed E-state index contributed by atoms with van der Waals surface area (Å²) in [6, 6.07) is 9.14. The molecule has 1 amide bonds. The molecule has 0 spiro atoms. The van der Waals surface area contributed by atoms with E-state index in [0.717, 1.165) is 12.8 Å². The van der Waals surface area contributed by atoms with Gasteiger partial charge in [-0.25, -0.2) is 4.79 Å². The number of hydrogen-bond donors (Lipinski definition) is 0. The van der Waals surface area contributed by atoms with Crippen molar-refractivity contribution in [3.05, 3.63) is 57.6 Å². The minimum absolute atomic E-state index is 0.0693. The van der Waals surface area contributed by atoms with E-state index in [9.17, 15) is 9.59 Å². The molecule has 156 valence electrons. The first-order valence-corrected chi connectivity index (χ1v) is 9.78. The standard InChI is InChI=1S/C22H27NO6/c1-15-14-19(18-10-6-12-27-18)29-22(25)20(15)21(24)23(2)11-7-13-28-17-9-5-4-8-16(17)26-3/h4-5,8-9,14,18H,6-7,10-13H2,1-3H3. The molecule has 29 heavy (non-hydrogen) atoms. The smallest absolute Gasteiger partial charge is 0.349 e. The number of rotatable bonds is 8. The number of hydrogen-bond acceptors (Lipinski definition) is 6. The van der Waals surface area contributed by atoms with Gasteiger partial charge in [0.2, 0.25) is 0 Å². The third kappa shape index (κ3) is 4.98. The Labute approximate surface area is 170 Å². The van der Waals surface area contributed by atoms with Crippen LogP contribution in [0.3, 0.4) is 0 Å². The van der Waals surface area contributed by atoms with E-state index in [1.165, 1.54) is 4.90 Å². The molecule has 1 fully saturated rings. The van der Waals surface area contributed by atoms with E-state index in [1.807, 2.05) is 24.3 Å². The molecule has 1 saturated heterocycles. The number of benzene rings is 1. The molecule has 2 heterocycles. The fraction of sp³-hybridized carbons (Fsp3) is 0.455. The van der Waals surface area contributed by atoms with Crippen LogP contribution in [0.5, 0.6) is 11.5 Å². The molecular weight excluding hydrogens is 374 g/mol. The predicted molar refractivity (Wildman–Crippen MR) is 108 cm³/mol. The Balaban J connectivity index is 1.57. The Morgan fingerprint density at radius 1 is 1.28 bits per heavy atom. The second kappa shape index (κ2) is 9.60. The number of para-hydroxylation sites is 2. The summed E-state index contributed by atoms with van der Waals surface area (Å²) in [7, 11) is 3.25. The first-order valence-electron chi connectivity index (χ1n) is 9.78. The van der Waals surface area contributed by atoms with Gasteiger partial charge >= 0.3 is 5.63 Å². The molecule has 1 atom stereocenters. The van der Waals surface area contributed by atoms with Gasteiger partial charge < -0.3 is 23.5 Å². The highest BCUT2D eigenvalue weighted by molar-refractivity contribution is 5.94. The van der Waals surface area contributed by atoms with Crippen LogP contribution >= 0.6 is 0 Å². The molecule has 0 aliphatic carbocycles. The van der Waals surface area contributed by atoms with E-state index < -0.39 is 5.63 Å². The Kier molecular flexibility index (Phi) is 6.93. The van der Waals surface area contributed by atoms with Gasteiger partial charge in [-0.05, 0) is 49.9 Å². The van der Waals surface area contributed by atoms with Crippen molar-refractivity contribution in [3.8, 4) is 11.5 Å². The maximum absolute atomic E-state index is 12.8. The molecule has 0 bridgehead atoms. The summed E-state index contributed by atoms with van der Waals surface area (Å²) < 4.78 is 21.9. The third-order valence-electron chi connectivity index (χ3n) is 4.94. The molecule has 7 nitrogen and oxygen atoms in total. The molecule has 0 saturated carbocycles. The largest absolute Gasteiger partial charge is 0.493 e. The summed E-state index contributed by atoms with van der Waals surface area (Å²) in [6.07, 6.45) is 2.17. The molecule has 1 aliphatic heterocycles. The summed E-state index contributed by atoms with van der Waals surface area (Å²) in [4.78, 5) is 26.7. The highest BCUT2D eigenvalue weighted by atomic mass is 16.5. The van der Waals surface area contributed by atoms with Crippen LogP contribution in [0.2, 0.25) is 0 Å². The maximum atomic E-state index is 12.8. The van der Waals surface area contributed by atoms with E-state index in [2.05, 4.69) is 0 Å². The molecule has 0 radical (unpaired) electrons. The second-order valence-corrected chi connectivity index (χ2v) is 7.08. The van der Waals surface area contributed by atoms with Crippen molar-refractivity contribution in [2.75, 3.05) is 33.9 Å². The summed E-state index contributed by atoms with van der Waals surface area (Å²) in [5.41, 5.74) is 0.0615. The molecule has 3 rings (SSSR count). The Morgan fingerprint density at radius 3 is 2.69 bits per heavy atom. The van der Waals surface area contributed by atoms with E-state index in [0.29, 0.717) is 49.0 Å². The number of carbonyl (C=O) groups excluding carboxylic acids is 1. The fourth-order valence-electron chi connectivity index (χ4n) is 3.37. The zero-order valence-electron chi connectivity index (χ0n) is 17.1. The monoisotopic (exact) mass is 401 g/mol. The van der Waals surface area contributed by atoms with Crippen molar-refractivity contribution in [2.24, 2.45) is 0 Å². The fourth-order valence-corrected chi connectivity index (χ4v) is 3.37. The first kappa shape index (κ1) is 20.9. The van der Waals surface area contributed by atoms with Crippen molar-refractivity contribution in [2.45, 2.75) is 32.3 Å². The Hall–Kier alpha value is -2.80. The van der Waals surface area contributed by atoms with Crippen LogP contribution in [0.15, 0.2) is 39.5 Å². The molecule has 1 aromatic carbocycles. The van der Waals surface area contributed by atoms with Crippen molar-refractivity contribution in [3.63, 3.8) is 0 Å². The average Bonchev–Trinajstić information content (AvgIpc) is 3.25. The Morgan fingerprint density at radius 2 is 2.03 bits per heavy atom. The van der Waals surface area contributed by atoms with Gasteiger partial charge in [0.05, 0.1) is 13.7 Å². The summed E-state index contributed by atoms with van der Waals surface area (Å²) in [6.45, 7) is 3.28. The molecule has 0 N–H and O–H groups in total. The number of ether oxygens (including phenoxy) is 3. The van der Waals surface area contributed by atoms with Gasteiger partial charge in [0, 0.05) is 20.2 Å². The summed E-state index contributed by atoms with van der Waals surface area (Å²) in [5.74, 6) is 1.46. The molecule has 1 aliphatic rings. The van der Waals surface area contributed by atoms with E-state index in [-0.39, 0.29) is 17.6 Å². The van der Waals surface area contributed by atoms with Crippen LogP contribution in [0.25, 0.3) is 0 Å². The summed E-state index contributed by atoms with van der Waals surface area (Å²) >= 11 is 0. The number of nitrogens with zero attached hydrogens (tertiary/aromatic N) is 1. The molecule has 1 unspecified atom stereocenters. The minimum atomic E-state index is -0.613. The summed E-state index contributed by atoms with van der Waals surface area (Å²) in [5, 5.41) is 0. The lowest BCUT2D eigenvalue weighted by molar-refractivity contribution is 0.0770. The number of methoxy groups -OCH3 is 1. The normalized spacial score (nSPS) is 15.9. The van der Waals surface area contributed by atoms with Gasteiger partial charge in [0.15, 0.2) is 11.5 Å². The quantitative estimate of drug-likeness (QED) is 0.631. The van der Waals surface area contributed by atoms with Gasteiger partial charge in [-0.2, -0.15) is 0 Å². The number of carbonyl (C=O) groups is 1. The average molecular weight is 401 g/mol. The van der Waals surface area contributed by atoms with Gasteiger partial charge in [-0.15, -0.1) is 0 Å². The van der Waals surface area contributed by atoms with Crippen LogP contribution in [-0.4, -0.2) is 44.7 Å². The highest BCUT2D eigenvalue weighted by Gasteiger charge is 2.25. The molecule has 1 aromatic heterocycles. The van der Waals surface area contributed by atoms with Crippen LogP contribution in [0, 0.1) is 6.92 Å². The van der Waals surface area contributed by atoms with Gasteiger partial charge in [-0.3, -0.25) is 4.79 Å². The van der Waals surface area contributed by atoms with Crippen molar-refractivity contribution in [1.82, 2.24) is 4.90 Å². The van der Waals surface area contributed by atoms with E-state index >= 15 is 0 Å². The topological polar surface area (TPSA) is 78.2 Å². The maximum Gasteiger partial charge on any atom is 0.349 e. The highest BCUT2D eigenvalue weighted by Crippen LogP contribution is 2.29. The lowest BCUT2D eigenvalue weighted by Crippen LogP contribution is -2.33. The molecule has 7 heteroatoms. The van der Waals surface area contributed by atoms with Crippen LogP contribution in [-0.2, 0) is 4.74 Å². The first-order chi connectivity index (χ1) is 14.0. The SMILES string of the molecule is COc1ccccc1OCCCN(C)C(=O)c1c(C)cc(C2CCCO2)oc1=O. The van der Waals surface area contributed by atoms with Crippen molar-refractivity contribution >= 4 is 5.91 Å².